The van der Waals surface area contributed by atoms with Gasteiger partial charge in [-0.3, -0.25) is 4.79 Å². The molecule has 0 aromatic heterocycles. The normalized spacial score (nSPS) is 11.1. The van der Waals surface area contributed by atoms with Gasteiger partial charge in [-0.1, -0.05) is 84.4 Å². The number of likely N-dealkylation sites (N-methyl/N-ethyl adjacent to an activating group) is 1. The minimum absolute atomic E-state index is 0.0790. The van der Waals surface area contributed by atoms with E-state index in [1.54, 1.807) is 24.3 Å². The van der Waals surface area contributed by atoms with Crippen molar-refractivity contribution in [2.24, 2.45) is 0 Å². The quantitative estimate of drug-likeness (QED) is 0.278. The first-order valence-electron chi connectivity index (χ1n) is 10.7. The van der Waals surface area contributed by atoms with Gasteiger partial charge in [-0.15, -0.1) is 0 Å². The van der Waals surface area contributed by atoms with Crippen molar-refractivity contribution in [3.05, 3.63) is 107 Å². The second kappa shape index (κ2) is 12.3. The Morgan fingerprint density at radius 3 is 2.12 bits per heavy atom. The molecule has 0 saturated heterocycles. The largest absolute Gasteiger partial charge is 0.445 e. The van der Waals surface area contributed by atoms with Gasteiger partial charge in [0.2, 0.25) is 0 Å². The second-order valence-electron chi connectivity index (χ2n) is 7.59. The molecule has 3 aromatic rings. The van der Waals surface area contributed by atoms with E-state index in [1.165, 1.54) is 17.1 Å². The van der Waals surface area contributed by atoms with Crippen LogP contribution in [-0.4, -0.2) is 35.1 Å². The summed E-state index contributed by atoms with van der Waals surface area (Å²) in [6.07, 6.45) is 1.55. The number of nitriles is 1. The fraction of sp³-hybridized carbons (Fsp3) is 0.192. The number of hydrogen-bond donors (Lipinski definition) is 1. The van der Waals surface area contributed by atoms with Crippen LogP contribution in [0.1, 0.15) is 16.7 Å². The van der Waals surface area contributed by atoms with Crippen molar-refractivity contribution in [3.63, 3.8) is 0 Å². The number of ether oxygens (including phenoxy) is 1. The Hall–Kier alpha value is -4.02. The van der Waals surface area contributed by atoms with E-state index in [-0.39, 0.29) is 19.6 Å². The van der Waals surface area contributed by atoms with Crippen LogP contribution in [0.2, 0.25) is 5.02 Å². The standard InChI is InChI=1S/C26H25ClN4O3/c1-30(31(19-28)17-21-12-14-23(27)15-13-21)25(32)24(16-20-8-4-2-5-9-20)29-26(33)34-18-22-10-6-3-7-11-22/h2-15,24H,16-18H2,1H3,(H,29,33)/t24-/m0/s1. The zero-order valence-corrected chi connectivity index (χ0v) is 19.5. The molecule has 3 aromatic carbocycles. The Morgan fingerprint density at radius 2 is 1.53 bits per heavy atom. The van der Waals surface area contributed by atoms with Crippen LogP contribution in [0.15, 0.2) is 84.9 Å². The van der Waals surface area contributed by atoms with Gasteiger partial charge in [-0.2, -0.15) is 5.26 Å². The fourth-order valence-corrected chi connectivity index (χ4v) is 3.40. The number of amides is 2. The molecule has 0 aliphatic carbocycles. The van der Waals surface area contributed by atoms with Crippen molar-refractivity contribution in [3.8, 4) is 6.19 Å². The average Bonchev–Trinajstić information content (AvgIpc) is 2.87. The lowest BCUT2D eigenvalue weighted by Crippen LogP contribution is -2.52. The van der Waals surface area contributed by atoms with Crippen molar-refractivity contribution >= 4 is 23.6 Å². The third kappa shape index (κ3) is 7.26. The lowest BCUT2D eigenvalue weighted by molar-refractivity contribution is -0.143. The van der Waals surface area contributed by atoms with Gasteiger partial charge in [0.05, 0.1) is 6.54 Å². The van der Waals surface area contributed by atoms with Crippen LogP contribution in [0.5, 0.6) is 0 Å². The molecule has 2 amide bonds. The van der Waals surface area contributed by atoms with Crippen molar-refractivity contribution < 1.29 is 14.3 Å². The number of hydrogen-bond acceptors (Lipinski definition) is 5. The van der Waals surface area contributed by atoms with Crippen LogP contribution in [0.25, 0.3) is 0 Å². The topological polar surface area (TPSA) is 85.7 Å². The van der Waals surface area contributed by atoms with E-state index in [2.05, 4.69) is 5.32 Å². The van der Waals surface area contributed by atoms with E-state index in [1.807, 2.05) is 66.9 Å². The summed E-state index contributed by atoms with van der Waals surface area (Å²) < 4.78 is 5.31. The zero-order chi connectivity index (χ0) is 24.3. The van der Waals surface area contributed by atoms with Crippen LogP contribution in [0.4, 0.5) is 4.79 Å². The molecule has 3 rings (SSSR count). The van der Waals surface area contributed by atoms with Gasteiger partial charge in [0, 0.05) is 18.5 Å². The first-order chi connectivity index (χ1) is 16.5. The number of nitrogens with zero attached hydrogens (tertiary/aromatic N) is 3. The predicted molar refractivity (Wildman–Crippen MR) is 129 cm³/mol. The van der Waals surface area contributed by atoms with E-state index in [4.69, 9.17) is 16.3 Å². The molecule has 34 heavy (non-hydrogen) atoms. The number of nitrogens with one attached hydrogen (secondary N) is 1. The second-order valence-corrected chi connectivity index (χ2v) is 8.03. The smallest absolute Gasteiger partial charge is 0.408 e. The van der Waals surface area contributed by atoms with E-state index >= 15 is 0 Å². The molecule has 1 atom stereocenters. The van der Waals surface area contributed by atoms with Gasteiger partial charge in [-0.25, -0.2) is 14.8 Å². The van der Waals surface area contributed by atoms with Crippen LogP contribution in [-0.2, 0) is 29.1 Å². The molecular weight excluding hydrogens is 452 g/mol. The molecule has 1 N–H and O–H groups in total. The van der Waals surface area contributed by atoms with Crippen LogP contribution in [0, 0.1) is 11.5 Å². The van der Waals surface area contributed by atoms with E-state index in [9.17, 15) is 14.9 Å². The molecule has 0 aliphatic heterocycles. The summed E-state index contributed by atoms with van der Waals surface area (Å²) in [7, 11) is 1.50. The Balaban J connectivity index is 1.71. The van der Waals surface area contributed by atoms with Gasteiger partial charge in [0.1, 0.15) is 12.6 Å². The van der Waals surface area contributed by atoms with E-state index in [0.29, 0.717) is 5.02 Å². The Kier molecular flexibility index (Phi) is 8.89. The summed E-state index contributed by atoms with van der Waals surface area (Å²) >= 11 is 5.93. The Labute approximate surface area is 204 Å². The summed E-state index contributed by atoms with van der Waals surface area (Å²) in [5.74, 6) is -0.448. The Bertz CT molecular complexity index is 1120. The molecule has 7 nitrogen and oxygen atoms in total. The highest BCUT2D eigenvalue weighted by Gasteiger charge is 2.28. The van der Waals surface area contributed by atoms with Crippen LogP contribution in [0.3, 0.4) is 0 Å². The summed E-state index contributed by atoms with van der Waals surface area (Å²) in [5.41, 5.74) is 2.50. The van der Waals surface area contributed by atoms with E-state index in [0.717, 1.165) is 16.7 Å². The number of benzene rings is 3. The lowest BCUT2D eigenvalue weighted by Gasteiger charge is -2.30. The molecule has 8 heteroatoms. The number of halogens is 1. The molecule has 0 radical (unpaired) electrons. The highest BCUT2D eigenvalue weighted by Crippen LogP contribution is 2.14. The van der Waals surface area contributed by atoms with Crippen molar-refractivity contribution in [1.82, 2.24) is 15.3 Å². The molecule has 174 valence electrons. The first-order valence-corrected chi connectivity index (χ1v) is 11.0. The van der Waals surface area contributed by atoms with E-state index < -0.39 is 18.0 Å². The van der Waals surface area contributed by atoms with Crippen LogP contribution >= 0.6 is 11.6 Å². The van der Waals surface area contributed by atoms with Gasteiger partial charge in [0.15, 0.2) is 6.19 Å². The van der Waals surface area contributed by atoms with Gasteiger partial charge >= 0.3 is 6.09 Å². The van der Waals surface area contributed by atoms with Crippen molar-refractivity contribution in [2.75, 3.05) is 7.05 Å². The predicted octanol–water partition coefficient (Wildman–Crippen LogP) is 4.53. The summed E-state index contributed by atoms with van der Waals surface area (Å²) in [4.78, 5) is 25.9. The van der Waals surface area contributed by atoms with Gasteiger partial charge < -0.3 is 10.1 Å². The maximum absolute atomic E-state index is 13.3. The maximum Gasteiger partial charge on any atom is 0.408 e. The van der Waals surface area contributed by atoms with Crippen molar-refractivity contribution in [2.45, 2.75) is 25.6 Å². The third-order valence-corrected chi connectivity index (χ3v) is 5.38. The molecule has 0 spiro atoms. The molecule has 0 aliphatic rings. The molecular formula is C26H25ClN4O3. The third-order valence-electron chi connectivity index (χ3n) is 5.13. The number of carbonyl (C=O) groups excluding carboxylic acids is 2. The fourth-order valence-electron chi connectivity index (χ4n) is 3.27. The highest BCUT2D eigenvalue weighted by atomic mass is 35.5. The number of rotatable bonds is 9. The van der Waals surface area contributed by atoms with Crippen molar-refractivity contribution in [1.29, 1.82) is 5.26 Å². The van der Waals surface area contributed by atoms with Gasteiger partial charge in [-0.05, 0) is 28.8 Å². The molecule has 0 heterocycles. The highest BCUT2D eigenvalue weighted by molar-refractivity contribution is 6.30. The molecule has 0 fully saturated rings. The van der Waals surface area contributed by atoms with Gasteiger partial charge in [0.25, 0.3) is 5.91 Å². The summed E-state index contributed by atoms with van der Waals surface area (Å²) in [6, 6.07) is 24.7. The number of carbonyl (C=O) groups is 2. The van der Waals surface area contributed by atoms with Crippen LogP contribution < -0.4 is 5.32 Å². The molecule has 0 saturated carbocycles. The summed E-state index contributed by atoms with van der Waals surface area (Å²) in [5, 5.41) is 15.3. The first kappa shape index (κ1) is 24.6. The summed E-state index contributed by atoms with van der Waals surface area (Å²) in [6.45, 7) is 0.252. The lowest BCUT2D eigenvalue weighted by atomic mass is 10.1. The maximum atomic E-state index is 13.3. The molecule has 0 bridgehead atoms. The minimum atomic E-state index is -0.934. The SMILES string of the molecule is CN(C(=O)[C@H](Cc1ccccc1)NC(=O)OCc1ccccc1)N(C#N)Cc1ccc(Cl)cc1. The average molecular weight is 477 g/mol. The Morgan fingerprint density at radius 1 is 0.941 bits per heavy atom. The zero-order valence-electron chi connectivity index (χ0n) is 18.7. The number of hydrazine groups is 1. The molecule has 0 unspecified atom stereocenters. The number of alkyl carbamates (subject to hydrolysis) is 1. The minimum Gasteiger partial charge on any atom is -0.445 e. The monoisotopic (exact) mass is 476 g/mol.